The van der Waals surface area contributed by atoms with Gasteiger partial charge in [0.2, 0.25) is 0 Å². The van der Waals surface area contributed by atoms with E-state index in [0.717, 1.165) is 18.4 Å². The van der Waals surface area contributed by atoms with Crippen molar-refractivity contribution in [3.05, 3.63) is 34.1 Å². The van der Waals surface area contributed by atoms with Crippen molar-refractivity contribution in [2.75, 3.05) is 7.11 Å². The molecule has 1 saturated carbocycles. The van der Waals surface area contributed by atoms with Gasteiger partial charge in [-0.3, -0.25) is 0 Å². The summed E-state index contributed by atoms with van der Waals surface area (Å²) in [7, 11) is 1.74. The summed E-state index contributed by atoms with van der Waals surface area (Å²) in [6.07, 6.45) is 2.49. The molecule has 1 aromatic carbocycles. The average Bonchev–Trinajstić information content (AvgIpc) is 2.22. The van der Waals surface area contributed by atoms with E-state index < -0.39 is 0 Å². The van der Waals surface area contributed by atoms with Crippen LogP contribution >= 0.6 is 15.9 Å². The Balaban J connectivity index is 1.84. The van der Waals surface area contributed by atoms with Crippen molar-refractivity contribution < 1.29 is 9.13 Å². The van der Waals surface area contributed by atoms with E-state index in [1.54, 1.807) is 13.2 Å². The smallest absolute Gasteiger partial charge is 0.137 e. The summed E-state index contributed by atoms with van der Waals surface area (Å²) in [6, 6.07) is 5.61. The third-order valence-electron chi connectivity index (χ3n) is 3.04. The van der Waals surface area contributed by atoms with Crippen LogP contribution in [0.4, 0.5) is 4.39 Å². The monoisotopic (exact) mass is 287 g/mol. The van der Waals surface area contributed by atoms with Gasteiger partial charge < -0.3 is 10.1 Å². The molecule has 0 radical (unpaired) electrons. The van der Waals surface area contributed by atoms with Gasteiger partial charge in [-0.25, -0.2) is 4.39 Å². The van der Waals surface area contributed by atoms with E-state index >= 15 is 0 Å². The fraction of sp³-hybridized carbons (Fsp3) is 0.500. The number of benzene rings is 1. The van der Waals surface area contributed by atoms with E-state index in [1.807, 2.05) is 6.07 Å². The second-order valence-corrected chi connectivity index (χ2v) is 4.91. The molecule has 1 N–H and O–H groups in total. The van der Waals surface area contributed by atoms with E-state index in [9.17, 15) is 4.39 Å². The van der Waals surface area contributed by atoms with Crippen LogP contribution in [0.1, 0.15) is 18.4 Å². The summed E-state index contributed by atoms with van der Waals surface area (Å²) in [5.74, 6) is -0.206. The first-order valence-corrected chi connectivity index (χ1v) is 6.19. The first kappa shape index (κ1) is 12.0. The average molecular weight is 288 g/mol. The highest BCUT2D eigenvalue weighted by molar-refractivity contribution is 9.10. The molecule has 0 atom stereocenters. The molecule has 0 spiro atoms. The minimum Gasteiger partial charge on any atom is -0.381 e. The van der Waals surface area contributed by atoms with E-state index in [1.165, 1.54) is 6.07 Å². The number of methoxy groups -OCH3 is 1. The zero-order valence-corrected chi connectivity index (χ0v) is 10.8. The fourth-order valence-electron chi connectivity index (χ4n) is 1.86. The summed E-state index contributed by atoms with van der Waals surface area (Å²) >= 11 is 3.26. The van der Waals surface area contributed by atoms with Crippen LogP contribution in [0.5, 0.6) is 0 Å². The Kier molecular flexibility index (Phi) is 3.95. The molecule has 4 heteroatoms. The Morgan fingerprint density at radius 1 is 1.50 bits per heavy atom. The third kappa shape index (κ3) is 2.62. The van der Waals surface area contributed by atoms with Gasteiger partial charge in [-0.2, -0.15) is 0 Å². The van der Waals surface area contributed by atoms with Gasteiger partial charge in [0.15, 0.2) is 0 Å². The maximum absolute atomic E-state index is 13.2. The second kappa shape index (κ2) is 5.25. The zero-order chi connectivity index (χ0) is 11.5. The van der Waals surface area contributed by atoms with Crippen molar-refractivity contribution in [3.8, 4) is 0 Å². The third-order valence-corrected chi connectivity index (χ3v) is 3.93. The lowest BCUT2D eigenvalue weighted by Crippen LogP contribution is -2.44. The standard InChI is InChI=1S/C12H15BrFNO/c1-16-10-5-9(6-10)15-7-8-3-2-4-11(14)12(8)13/h2-4,9-10,15H,5-7H2,1H3. The molecule has 2 nitrogen and oxygen atoms in total. The van der Waals surface area contributed by atoms with E-state index in [2.05, 4.69) is 21.2 Å². The molecule has 1 aliphatic rings. The Labute approximate surface area is 103 Å². The number of rotatable bonds is 4. The molecule has 0 saturated heterocycles. The summed E-state index contributed by atoms with van der Waals surface area (Å²) in [5.41, 5.74) is 0.959. The fourth-order valence-corrected chi connectivity index (χ4v) is 2.27. The predicted octanol–water partition coefficient (Wildman–Crippen LogP) is 2.86. The minimum absolute atomic E-state index is 0.206. The van der Waals surface area contributed by atoms with Crippen LogP contribution in [-0.4, -0.2) is 19.3 Å². The summed E-state index contributed by atoms with van der Waals surface area (Å²) in [4.78, 5) is 0. The van der Waals surface area contributed by atoms with Gasteiger partial charge >= 0.3 is 0 Å². The second-order valence-electron chi connectivity index (χ2n) is 4.12. The number of hydrogen-bond donors (Lipinski definition) is 1. The van der Waals surface area contributed by atoms with Crippen LogP contribution < -0.4 is 5.32 Å². The largest absolute Gasteiger partial charge is 0.381 e. The van der Waals surface area contributed by atoms with Gasteiger partial charge in [-0.1, -0.05) is 12.1 Å². The molecule has 1 aromatic rings. The van der Waals surface area contributed by atoms with Crippen molar-refractivity contribution in [1.82, 2.24) is 5.32 Å². The number of ether oxygens (including phenoxy) is 1. The van der Waals surface area contributed by atoms with Crippen LogP contribution in [0.3, 0.4) is 0 Å². The van der Waals surface area contributed by atoms with Crippen LogP contribution in [0.2, 0.25) is 0 Å². The van der Waals surface area contributed by atoms with E-state index in [0.29, 0.717) is 23.2 Å². The Morgan fingerprint density at radius 2 is 2.25 bits per heavy atom. The predicted molar refractivity (Wildman–Crippen MR) is 64.8 cm³/mol. The number of hydrogen-bond acceptors (Lipinski definition) is 2. The van der Waals surface area contributed by atoms with Gasteiger partial charge in [0.05, 0.1) is 10.6 Å². The van der Waals surface area contributed by atoms with Gasteiger partial charge in [0, 0.05) is 19.7 Å². The van der Waals surface area contributed by atoms with Crippen LogP contribution in [0, 0.1) is 5.82 Å². The topological polar surface area (TPSA) is 21.3 Å². The van der Waals surface area contributed by atoms with Crippen molar-refractivity contribution in [3.63, 3.8) is 0 Å². The van der Waals surface area contributed by atoms with Crippen molar-refractivity contribution in [2.24, 2.45) is 0 Å². The molecule has 1 aliphatic carbocycles. The van der Waals surface area contributed by atoms with Gasteiger partial charge in [-0.15, -0.1) is 0 Å². The minimum atomic E-state index is -0.206. The molecule has 0 aliphatic heterocycles. The molecule has 0 bridgehead atoms. The highest BCUT2D eigenvalue weighted by Gasteiger charge is 2.28. The maximum Gasteiger partial charge on any atom is 0.137 e. The number of halogens is 2. The highest BCUT2D eigenvalue weighted by atomic mass is 79.9. The first-order valence-electron chi connectivity index (χ1n) is 5.39. The Hall–Kier alpha value is -0.450. The molecule has 0 amide bonds. The molecule has 16 heavy (non-hydrogen) atoms. The molecular formula is C12H15BrFNO. The van der Waals surface area contributed by atoms with Gasteiger partial charge in [-0.05, 0) is 40.4 Å². The normalized spacial score (nSPS) is 24.2. The summed E-state index contributed by atoms with van der Waals surface area (Å²) < 4.78 is 19.0. The first-order chi connectivity index (χ1) is 7.70. The Morgan fingerprint density at radius 3 is 2.94 bits per heavy atom. The highest BCUT2D eigenvalue weighted by Crippen LogP contribution is 2.24. The lowest BCUT2D eigenvalue weighted by molar-refractivity contribution is 0.0170. The maximum atomic E-state index is 13.2. The summed E-state index contributed by atoms with van der Waals surface area (Å²) in [5, 5.41) is 3.39. The summed E-state index contributed by atoms with van der Waals surface area (Å²) in [6.45, 7) is 0.694. The van der Waals surface area contributed by atoms with Crippen LogP contribution in [0.25, 0.3) is 0 Å². The quantitative estimate of drug-likeness (QED) is 0.920. The Bertz CT molecular complexity index is 366. The van der Waals surface area contributed by atoms with Crippen molar-refractivity contribution in [2.45, 2.75) is 31.5 Å². The molecular weight excluding hydrogens is 273 g/mol. The van der Waals surface area contributed by atoms with Gasteiger partial charge in [0.1, 0.15) is 5.82 Å². The zero-order valence-electron chi connectivity index (χ0n) is 9.17. The van der Waals surface area contributed by atoms with Crippen molar-refractivity contribution >= 4 is 15.9 Å². The van der Waals surface area contributed by atoms with Crippen LogP contribution in [-0.2, 0) is 11.3 Å². The van der Waals surface area contributed by atoms with Crippen LogP contribution in [0.15, 0.2) is 22.7 Å². The molecule has 0 unspecified atom stereocenters. The van der Waals surface area contributed by atoms with Gasteiger partial charge in [0.25, 0.3) is 0 Å². The lowest BCUT2D eigenvalue weighted by atomic mass is 9.89. The molecule has 0 aromatic heterocycles. The van der Waals surface area contributed by atoms with E-state index in [-0.39, 0.29) is 5.82 Å². The SMILES string of the molecule is COC1CC(NCc2cccc(F)c2Br)C1. The molecule has 2 rings (SSSR count). The van der Waals surface area contributed by atoms with Crippen molar-refractivity contribution in [1.29, 1.82) is 0 Å². The molecule has 0 heterocycles. The van der Waals surface area contributed by atoms with E-state index in [4.69, 9.17) is 4.74 Å². The molecule has 1 fully saturated rings. The lowest BCUT2D eigenvalue weighted by Gasteiger charge is -2.34. The molecule has 88 valence electrons. The number of nitrogens with one attached hydrogen (secondary N) is 1.